The molecule has 6 nitrogen and oxygen atoms in total. The zero-order valence-corrected chi connectivity index (χ0v) is 10.2. The van der Waals surface area contributed by atoms with Crippen LogP contribution in [-0.2, 0) is 16.0 Å². The van der Waals surface area contributed by atoms with Crippen molar-refractivity contribution in [2.75, 3.05) is 19.8 Å². The summed E-state index contributed by atoms with van der Waals surface area (Å²) in [4.78, 5) is 15.4. The van der Waals surface area contributed by atoms with E-state index in [9.17, 15) is 4.79 Å². The zero-order chi connectivity index (χ0) is 12.3. The highest BCUT2D eigenvalue weighted by Crippen LogP contribution is 1.93. The maximum absolute atomic E-state index is 11.4. The standard InChI is InChI=1S/C11H20N4O2/c1-2-17-8-4-6-11(16)12-7-3-5-10-13-9-14-15-10/h9H,2-8H2,1H3,(H,12,16)(H,13,14,15). The van der Waals surface area contributed by atoms with Gasteiger partial charge in [-0.3, -0.25) is 9.89 Å². The van der Waals surface area contributed by atoms with E-state index in [0.717, 1.165) is 25.1 Å². The maximum atomic E-state index is 11.4. The minimum Gasteiger partial charge on any atom is -0.382 e. The predicted molar refractivity (Wildman–Crippen MR) is 63.4 cm³/mol. The summed E-state index contributed by atoms with van der Waals surface area (Å²) >= 11 is 0. The summed E-state index contributed by atoms with van der Waals surface area (Å²) in [6, 6.07) is 0. The molecule has 0 spiro atoms. The Labute approximate surface area is 101 Å². The second-order valence-electron chi connectivity index (χ2n) is 3.69. The highest BCUT2D eigenvalue weighted by molar-refractivity contribution is 5.75. The molecule has 1 amide bonds. The van der Waals surface area contributed by atoms with E-state index in [0.29, 0.717) is 26.2 Å². The number of H-pyrrole nitrogens is 1. The van der Waals surface area contributed by atoms with E-state index in [-0.39, 0.29) is 5.91 Å². The van der Waals surface area contributed by atoms with E-state index in [1.54, 1.807) is 0 Å². The Morgan fingerprint density at radius 3 is 3.12 bits per heavy atom. The van der Waals surface area contributed by atoms with Gasteiger partial charge in [-0.2, -0.15) is 5.10 Å². The van der Waals surface area contributed by atoms with E-state index in [1.807, 2.05) is 6.92 Å². The summed E-state index contributed by atoms with van der Waals surface area (Å²) in [7, 11) is 0. The number of aryl methyl sites for hydroxylation is 1. The molecule has 6 heteroatoms. The van der Waals surface area contributed by atoms with Crippen molar-refractivity contribution < 1.29 is 9.53 Å². The molecule has 96 valence electrons. The smallest absolute Gasteiger partial charge is 0.220 e. The van der Waals surface area contributed by atoms with Gasteiger partial charge in [-0.05, 0) is 19.8 Å². The largest absolute Gasteiger partial charge is 0.382 e. The molecular weight excluding hydrogens is 220 g/mol. The summed E-state index contributed by atoms with van der Waals surface area (Å²) in [6.45, 7) is 3.98. The Kier molecular flexibility index (Phi) is 6.97. The van der Waals surface area contributed by atoms with Crippen LogP contribution in [0.25, 0.3) is 0 Å². The lowest BCUT2D eigenvalue weighted by molar-refractivity contribution is -0.121. The molecule has 0 saturated heterocycles. The Bertz CT molecular complexity index is 300. The van der Waals surface area contributed by atoms with E-state index >= 15 is 0 Å². The molecule has 1 heterocycles. The van der Waals surface area contributed by atoms with Crippen LogP contribution < -0.4 is 5.32 Å². The summed E-state index contributed by atoms with van der Waals surface area (Å²) in [5.41, 5.74) is 0. The van der Waals surface area contributed by atoms with Gasteiger partial charge in [0.2, 0.25) is 5.91 Å². The van der Waals surface area contributed by atoms with Gasteiger partial charge in [0, 0.05) is 32.6 Å². The van der Waals surface area contributed by atoms with Crippen molar-refractivity contribution in [1.82, 2.24) is 20.5 Å². The van der Waals surface area contributed by atoms with Gasteiger partial charge in [-0.15, -0.1) is 0 Å². The van der Waals surface area contributed by atoms with Crippen LogP contribution in [0.1, 0.15) is 32.0 Å². The normalized spacial score (nSPS) is 10.4. The van der Waals surface area contributed by atoms with Crippen LogP contribution in [0.2, 0.25) is 0 Å². The molecule has 2 N–H and O–H groups in total. The lowest BCUT2D eigenvalue weighted by atomic mass is 10.2. The van der Waals surface area contributed by atoms with Gasteiger partial charge in [-0.25, -0.2) is 4.98 Å². The van der Waals surface area contributed by atoms with Crippen LogP contribution in [0.15, 0.2) is 6.33 Å². The van der Waals surface area contributed by atoms with Crippen LogP contribution in [0.4, 0.5) is 0 Å². The van der Waals surface area contributed by atoms with Crippen molar-refractivity contribution in [3.8, 4) is 0 Å². The number of nitrogens with one attached hydrogen (secondary N) is 2. The number of hydrogen-bond donors (Lipinski definition) is 2. The highest BCUT2D eigenvalue weighted by atomic mass is 16.5. The lowest BCUT2D eigenvalue weighted by Gasteiger charge is -2.04. The third-order valence-corrected chi connectivity index (χ3v) is 2.27. The molecule has 0 atom stereocenters. The molecule has 0 aliphatic rings. The van der Waals surface area contributed by atoms with E-state index in [4.69, 9.17) is 4.74 Å². The third-order valence-electron chi connectivity index (χ3n) is 2.27. The molecule has 0 radical (unpaired) electrons. The molecule has 0 bridgehead atoms. The van der Waals surface area contributed by atoms with Crippen molar-refractivity contribution in [2.24, 2.45) is 0 Å². The van der Waals surface area contributed by atoms with Crippen LogP contribution >= 0.6 is 0 Å². The molecule has 0 aliphatic carbocycles. The van der Waals surface area contributed by atoms with Gasteiger partial charge in [0.15, 0.2) is 0 Å². The van der Waals surface area contributed by atoms with Crippen molar-refractivity contribution in [3.63, 3.8) is 0 Å². The molecule has 0 aromatic carbocycles. The SMILES string of the molecule is CCOCCCC(=O)NCCCc1ncn[nH]1. The summed E-state index contributed by atoms with van der Waals surface area (Å²) < 4.78 is 5.16. The third kappa shape index (κ3) is 6.68. The number of ether oxygens (including phenoxy) is 1. The number of hydrogen-bond acceptors (Lipinski definition) is 4. The number of aromatic nitrogens is 3. The molecule has 17 heavy (non-hydrogen) atoms. The fourth-order valence-electron chi connectivity index (χ4n) is 1.40. The molecule has 0 saturated carbocycles. The molecular formula is C11H20N4O2. The van der Waals surface area contributed by atoms with Crippen LogP contribution in [-0.4, -0.2) is 40.8 Å². The van der Waals surface area contributed by atoms with E-state index < -0.39 is 0 Å². The molecule has 1 rings (SSSR count). The maximum Gasteiger partial charge on any atom is 0.220 e. The predicted octanol–water partition coefficient (Wildman–Crippen LogP) is 0.670. The second kappa shape index (κ2) is 8.69. The molecule has 0 unspecified atom stereocenters. The van der Waals surface area contributed by atoms with Crippen molar-refractivity contribution >= 4 is 5.91 Å². The van der Waals surface area contributed by atoms with E-state index in [2.05, 4.69) is 20.5 Å². The first-order valence-electron chi connectivity index (χ1n) is 6.01. The second-order valence-corrected chi connectivity index (χ2v) is 3.69. The fourth-order valence-corrected chi connectivity index (χ4v) is 1.40. The Morgan fingerprint density at radius 2 is 2.41 bits per heavy atom. The molecule has 0 aliphatic heterocycles. The number of carbonyl (C=O) groups excluding carboxylic acids is 1. The highest BCUT2D eigenvalue weighted by Gasteiger charge is 2.01. The summed E-state index contributed by atoms with van der Waals surface area (Å²) in [5.74, 6) is 0.942. The lowest BCUT2D eigenvalue weighted by Crippen LogP contribution is -2.24. The van der Waals surface area contributed by atoms with Crippen molar-refractivity contribution in [3.05, 3.63) is 12.2 Å². The van der Waals surface area contributed by atoms with Crippen LogP contribution in [0, 0.1) is 0 Å². The van der Waals surface area contributed by atoms with E-state index in [1.165, 1.54) is 6.33 Å². The molecule has 0 fully saturated rings. The van der Waals surface area contributed by atoms with Crippen molar-refractivity contribution in [2.45, 2.75) is 32.6 Å². The minimum atomic E-state index is 0.0854. The number of rotatable bonds is 9. The summed E-state index contributed by atoms with van der Waals surface area (Å²) in [6.07, 6.45) is 4.47. The van der Waals surface area contributed by atoms with Gasteiger partial charge < -0.3 is 10.1 Å². The number of carbonyl (C=O) groups is 1. The average molecular weight is 240 g/mol. The van der Waals surface area contributed by atoms with Crippen LogP contribution in [0.3, 0.4) is 0 Å². The van der Waals surface area contributed by atoms with Crippen LogP contribution in [0.5, 0.6) is 0 Å². The quantitative estimate of drug-likeness (QED) is 0.622. The minimum absolute atomic E-state index is 0.0854. The topological polar surface area (TPSA) is 79.9 Å². The monoisotopic (exact) mass is 240 g/mol. The Morgan fingerprint density at radius 1 is 1.53 bits per heavy atom. The first-order valence-corrected chi connectivity index (χ1v) is 6.01. The van der Waals surface area contributed by atoms with Gasteiger partial charge in [0.05, 0.1) is 0 Å². The molecule has 1 aromatic rings. The number of amides is 1. The Hall–Kier alpha value is -1.43. The first-order chi connectivity index (χ1) is 8.33. The zero-order valence-electron chi connectivity index (χ0n) is 10.2. The Balaban J connectivity index is 1.93. The average Bonchev–Trinajstić information content (AvgIpc) is 2.83. The van der Waals surface area contributed by atoms with Gasteiger partial charge >= 0.3 is 0 Å². The van der Waals surface area contributed by atoms with Gasteiger partial charge in [0.1, 0.15) is 12.2 Å². The number of nitrogens with zero attached hydrogens (tertiary/aromatic N) is 2. The fraction of sp³-hybridized carbons (Fsp3) is 0.727. The molecule has 1 aromatic heterocycles. The van der Waals surface area contributed by atoms with Gasteiger partial charge in [-0.1, -0.05) is 0 Å². The first kappa shape index (κ1) is 13.6. The summed E-state index contributed by atoms with van der Waals surface area (Å²) in [5, 5.41) is 9.41. The van der Waals surface area contributed by atoms with Crippen molar-refractivity contribution in [1.29, 1.82) is 0 Å². The van der Waals surface area contributed by atoms with Gasteiger partial charge in [0.25, 0.3) is 0 Å². The number of aromatic amines is 1.